The topological polar surface area (TPSA) is 19.9 Å². The second-order valence-electron chi connectivity index (χ2n) is 2.55. The fraction of sp³-hybridized carbons (Fsp3) is 0.111. The number of rotatable bonds is 2. The van der Waals surface area contributed by atoms with E-state index in [4.69, 9.17) is 0 Å². The Morgan fingerprint density at radius 3 is 1.60 bits per heavy atom. The Labute approximate surface area is 81.5 Å². The lowest BCUT2D eigenvalue weighted by Crippen LogP contribution is -2.03. The van der Waals surface area contributed by atoms with Crippen LogP contribution in [0, 0.1) is 29.1 Å². The summed E-state index contributed by atoms with van der Waals surface area (Å²) in [7, 11) is 0. The summed E-state index contributed by atoms with van der Waals surface area (Å²) in [5, 5.41) is 9.97. The monoisotopic (exact) mass is 223 g/mol. The Hall–Kier alpha value is -1.43. The minimum atomic E-state index is -2.22. The van der Waals surface area contributed by atoms with Gasteiger partial charge in [0.05, 0.1) is 5.56 Å². The molecule has 1 radical (unpaired) electrons. The third-order valence-electron chi connectivity index (χ3n) is 1.62. The molecule has 15 heavy (non-hydrogen) atoms. The van der Waals surface area contributed by atoms with Crippen LogP contribution in [-0.2, 0) is 5.11 Å². The van der Waals surface area contributed by atoms with Crippen molar-refractivity contribution in [3.05, 3.63) is 40.7 Å². The third kappa shape index (κ3) is 1.99. The second-order valence-corrected chi connectivity index (χ2v) is 2.55. The van der Waals surface area contributed by atoms with Crippen molar-refractivity contribution in [2.24, 2.45) is 0 Å². The molecule has 0 spiro atoms. The van der Waals surface area contributed by atoms with Gasteiger partial charge in [-0.05, 0) is 0 Å². The highest BCUT2D eigenvalue weighted by molar-refractivity contribution is 5.51. The van der Waals surface area contributed by atoms with Gasteiger partial charge in [-0.1, -0.05) is 12.2 Å². The minimum Gasteiger partial charge on any atom is -0.232 e. The first-order valence-electron chi connectivity index (χ1n) is 3.76. The van der Waals surface area contributed by atoms with Crippen LogP contribution < -0.4 is 0 Å². The van der Waals surface area contributed by atoms with Crippen molar-refractivity contribution in [3.63, 3.8) is 0 Å². The zero-order chi connectivity index (χ0) is 11.6. The van der Waals surface area contributed by atoms with Crippen molar-refractivity contribution in [2.45, 2.75) is 0 Å². The summed E-state index contributed by atoms with van der Waals surface area (Å²) < 4.78 is 63.3. The number of halogens is 5. The van der Waals surface area contributed by atoms with Gasteiger partial charge in [-0.2, -0.15) is 0 Å². The average Bonchev–Trinajstić information content (AvgIpc) is 2.24. The fourth-order valence-electron chi connectivity index (χ4n) is 0.934. The van der Waals surface area contributed by atoms with Gasteiger partial charge in [0.25, 0.3) is 0 Å². The molecule has 0 saturated carbocycles. The third-order valence-corrected chi connectivity index (χ3v) is 1.62. The summed E-state index contributed by atoms with van der Waals surface area (Å²) in [5.74, 6) is -10.2. The molecule has 0 bridgehead atoms. The van der Waals surface area contributed by atoms with Crippen LogP contribution in [0.2, 0.25) is 0 Å². The van der Waals surface area contributed by atoms with E-state index in [0.717, 1.165) is 6.08 Å². The highest BCUT2D eigenvalue weighted by Gasteiger charge is 2.23. The first kappa shape index (κ1) is 11.6. The van der Waals surface area contributed by atoms with Crippen LogP contribution in [0.1, 0.15) is 5.56 Å². The van der Waals surface area contributed by atoms with Gasteiger partial charge in [-0.3, -0.25) is 0 Å². The first-order valence-corrected chi connectivity index (χ1v) is 3.76. The SMILES string of the molecule is [O]C/C=C/c1c(F)c(F)c(F)c(F)c1F. The molecule has 0 unspecified atom stereocenters. The van der Waals surface area contributed by atoms with Crippen molar-refractivity contribution in [1.82, 2.24) is 0 Å². The maximum atomic E-state index is 12.9. The molecule has 1 aromatic rings. The number of hydrogen-bond acceptors (Lipinski definition) is 0. The van der Waals surface area contributed by atoms with Gasteiger partial charge in [0.15, 0.2) is 23.3 Å². The molecule has 81 valence electrons. The Balaban J connectivity index is 3.45. The van der Waals surface area contributed by atoms with Crippen LogP contribution in [0.25, 0.3) is 6.08 Å². The van der Waals surface area contributed by atoms with Gasteiger partial charge in [-0.15, -0.1) is 0 Å². The van der Waals surface area contributed by atoms with Crippen LogP contribution in [0.3, 0.4) is 0 Å². The van der Waals surface area contributed by atoms with Crippen molar-refractivity contribution in [1.29, 1.82) is 0 Å². The van der Waals surface area contributed by atoms with Crippen LogP contribution >= 0.6 is 0 Å². The molecule has 0 N–H and O–H groups in total. The molecule has 0 saturated heterocycles. The lowest BCUT2D eigenvalue weighted by atomic mass is 10.1. The van der Waals surface area contributed by atoms with Gasteiger partial charge >= 0.3 is 0 Å². The average molecular weight is 223 g/mol. The molecule has 1 rings (SSSR count). The molecule has 0 heterocycles. The maximum absolute atomic E-state index is 12.9. The van der Waals surface area contributed by atoms with E-state index in [0.29, 0.717) is 6.08 Å². The standard InChI is InChI=1S/C9H4F5O/c10-5-4(2-1-3-15)6(11)8(13)9(14)7(5)12/h1-2H,3H2/b2-1+. The van der Waals surface area contributed by atoms with Gasteiger partial charge in [0, 0.05) is 0 Å². The highest BCUT2D eigenvalue weighted by atomic mass is 19.2. The summed E-state index contributed by atoms with van der Waals surface area (Å²) in [5.41, 5.74) is -1.11. The number of hydrogen-bond donors (Lipinski definition) is 0. The molecule has 6 heteroatoms. The number of benzene rings is 1. The van der Waals surface area contributed by atoms with Gasteiger partial charge in [-0.25, -0.2) is 27.1 Å². The molecular formula is C9H4F5O. The quantitative estimate of drug-likeness (QED) is 0.417. The van der Waals surface area contributed by atoms with E-state index in [9.17, 15) is 27.1 Å². The van der Waals surface area contributed by atoms with Crippen molar-refractivity contribution in [3.8, 4) is 0 Å². The van der Waals surface area contributed by atoms with Crippen LogP contribution in [0.5, 0.6) is 0 Å². The summed E-state index contributed by atoms with van der Waals surface area (Å²) in [4.78, 5) is 0. The summed E-state index contributed by atoms with van der Waals surface area (Å²) in [6.45, 7) is -0.820. The Kier molecular flexibility index (Phi) is 3.41. The fourth-order valence-corrected chi connectivity index (χ4v) is 0.934. The Bertz CT molecular complexity index is 384. The summed E-state index contributed by atoms with van der Waals surface area (Å²) in [6, 6.07) is 0. The summed E-state index contributed by atoms with van der Waals surface area (Å²) in [6.07, 6.45) is 1.31. The normalized spacial score (nSPS) is 11.3. The zero-order valence-corrected chi connectivity index (χ0v) is 7.16. The predicted octanol–water partition coefficient (Wildman–Crippen LogP) is 2.83. The molecule has 0 aliphatic heterocycles. The Morgan fingerprint density at radius 1 is 0.800 bits per heavy atom. The van der Waals surface area contributed by atoms with E-state index < -0.39 is 41.3 Å². The van der Waals surface area contributed by atoms with Gasteiger partial charge in [0.1, 0.15) is 6.61 Å². The molecule has 0 atom stereocenters. The van der Waals surface area contributed by atoms with Gasteiger partial charge in [0.2, 0.25) is 5.82 Å². The van der Waals surface area contributed by atoms with E-state index in [-0.39, 0.29) is 0 Å². The molecule has 1 aromatic carbocycles. The summed E-state index contributed by atoms with van der Waals surface area (Å²) >= 11 is 0. The van der Waals surface area contributed by atoms with E-state index >= 15 is 0 Å². The van der Waals surface area contributed by atoms with Crippen molar-refractivity contribution >= 4 is 6.08 Å². The molecular weight excluding hydrogens is 219 g/mol. The molecule has 0 aliphatic carbocycles. The van der Waals surface area contributed by atoms with Crippen molar-refractivity contribution < 1.29 is 27.1 Å². The zero-order valence-electron chi connectivity index (χ0n) is 7.16. The van der Waals surface area contributed by atoms with Crippen LogP contribution in [-0.4, -0.2) is 6.61 Å². The lowest BCUT2D eigenvalue weighted by molar-refractivity contribution is 0.233. The van der Waals surface area contributed by atoms with E-state index in [1.165, 1.54) is 0 Å². The first-order chi connectivity index (χ1) is 7.00. The van der Waals surface area contributed by atoms with Crippen molar-refractivity contribution in [2.75, 3.05) is 6.61 Å². The van der Waals surface area contributed by atoms with E-state index in [2.05, 4.69) is 0 Å². The lowest BCUT2D eigenvalue weighted by Gasteiger charge is -2.03. The molecule has 0 aliphatic rings. The highest BCUT2D eigenvalue weighted by Crippen LogP contribution is 2.23. The smallest absolute Gasteiger partial charge is 0.200 e. The molecule has 0 aromatic heterocycles. The predicted molar refractivity (Wildman–Crippen MR) is 40.8 cm³/mol. The van der Waals surface area contributed by atoms with Gasteiger partial charge < -0.3 is 0 Å². The van der Waals surface area contributed by atoms with E-state index in [1.54, 1.807) is 0 Å². The minimum absolute atomic E-state index is 0.559. The molecule has 1 nitrogen and oxygen atoms in total. The molecule has 0 amide bonds. The Morgan fingerprint density at radius 2 is 1.20 bits per heavy atom. The van der Waals surface area contributed by atoms with E-state index in [1.807, 2.05) is 0 Å². The second kappa shape index (κ2) is 4.39. The maximum Gasteiger partial charge on any atom is 0.200 e. The van der Waals surface area contributed by atoms with Crippen LogP contribution in [0.15, 0.2) is 6.08 Å². The van der Waals surface area contributed by atoms with Crippen LogP contribution in [0.4, 0.5) is 22.0 Å². The molecule has 0 fully saturated rings. The largest absolute Gasteiger partial charge is 0.232 e.